The maximum atomic E-state index is 6.53. The second-order valence-corrected chi connectivity index (χ2v) is 8.93. The van der Waals surface area contributed by atoms with E-state index in [2.05, 4.69) is 34.2 Å². The van der Waals surface area contributed by atoms with Crippen molar-refractivity contribution >= 4 is 45.5 Å². The molecule has 34 heavy (non-hydrogen) atoms. The van der Waals surface area contributed by atoms with Gasteiger partial charge < -0.3 is 30.2 Å². The van der Waals surface area contributed by atoms with E-state index in [0.717, 1.165) is 46.7 Å². The van der Waals surface area contributed by atoms with Crippen LogP contribution in [0.2, 0.25) is 5.02 Å². The Morgan fingerprint density at radius 2 is 1.94 bits per heavy atom. The molecule has 0 fully saturated rings. The number of aromatic nitrogens is 3. The van der Waals surface area contributed by atoms with Crippen LogP contribution in [0.1, 0.15) is 0 Å². The first-order chi connectivity index (χ1) is 16.3. The number of methoxy groups -OCH3 is 1. The first-order valence-electron chi connectivity index (χ1n) is 11.0. The number of nitrogens with two attached hydrogens (primary N) is 1. The average Bonchev–Trinajstić information content (AvgIpc) is 3.15. The normalized spacial score (nSPS) is 11.3. The smallest absolute Gasteiger partial charge is 0.227 e. The molecule has 2 aromatic carbocycles. The van der Waals surface area contributed by atoms with E-state index in [4.69, 9.17) is 27.1 Å². The Bertz CT molecular complexity index is 1320. The monoisotopic (exact) mass is 479 g/mol. The largest absolute Gasteiger partial charge is 0.495 e. The zero-order chi connectivity index (χ0) is 24.4. The van der Waals surface area contributed by atoms with Crippen LogP contribution >= 0.6 is 11.6 Å². The topological polar surface area (TPSA) is 84.5 Å². The molecule has 0 atom stereocenters. The fourth-order valence-electron chi connectivity index (χ4n) is 3.98. The molecule has 8 nitrogen and oxygen atoms in total. The number of nitrogens with zero attached hydrogens (tertiary/aromatic N) is 5. The summed E-state index contributed by atoms with van der Waals surface area (Å²) in [5, 5.41) is 4.73. The summed E-state index contributed by atoms with van der Waals surface area (Å²) in [6, 6.07) is 11.8. The van der Waals surface area contributed by atoms with Gasteiger partial charge in [-0.3, -0.25) is 0 Å². The van der Waals surface area contributed by atoms with Crippen LogP contribution in [0.5, 0.6) is 5.75 Å². The van der Waals surface area contributed by atoms with E-state index in [9.17, 15) is 0 Å². The summed E-state index contributed by atoms with van der Waals surface area (Å²) >= 11 is 6.53. The van der Waals surface area contributed by atoms with E-state index < -0.39 is 0 Å². The lowest BCUT2D eigenvalue weighted by molar-refractivity contribution is 0.416. The number of benzene rings is 2. The highest BCUT2D eigenvalue weighted by molar-refractivity contribution is 6.33. The Labute approximate surface area is 204 Å². The predicted octanol–water partition coefficient (Wildman–Crippen LogP) is 4.62. The summed E-state index contributed by atoms with van der Waals surface area (Å²) in [5.74, 6) is 1.23. The van der Waals surface area contributed by atoms with Gasteiger partial charge in [0, 0.05) is 50.0 Å². The lowest BCUT2D eigenvalue weighted by Crippen LogP contribution is -2.28. The zero-order valence-electron chi connectivity index (χ0n) is 20.1. The molecule has 0 saturated carbocycles. The van der Waals surface area contributed by atoms with Crippen molar-refractivity contribution in [2.45, 2.75) is 0 Å². The number of hydrogen-bond acceptors (Lipinski definition) is 7. The van der Waals surface area contributed by atoms with Gasteiger partial charge in [-0.05, 0) is 38.4 Å². The van der Waals surface area contributed by atoms with Gasteiger partial charge in [-0.1, -0.05) is 23.7 Å². The maximum absolute atomic E-state index is 6.53. The van der Waals surface area contributed by atoms with Crippen molar-refractivity contribution in [1.29, 1.82) is 0 Å². The number of ether oxygens (including phenoxy) is 1. The highest BCUT2D eigenvalue weighted by atomic mass is 35.5. The molecular weight excluding hydrogens is 450 g/mol. The third-order valence-electron chi connectivity index (χ3n) is 5.76. The molecule has 9 heteroatoms. The van der Waals surface area contributed by atoms with Gasteiger partial charge in [-0.25, -0.2) is 9.97 Å². The molecule has 2 aromatic heterocycles. The van der Waals surface area contributed by atoms with Gasteiger partial charge in [0.05, 0.1) is 40.9 Å². The van der Waals surface area contributed by atoms with Crippen molar-refractivity contribution in [2.75, 3.05) is 57.3 Å². The van der Waals surface area contributed by atoms with Crippen molar-refractivity contribution in [3.8, 4) is 17.0 Å². The molecule has 4 rings (SSSR count). The van der Waals surface area contributed by atoms with E-state index in [0.29, 0.717) is 22.4 Å². The van der Waals surface area contributed by atoms with Gasteiger partial charge in [0.2, 0.25) is 5.95 Å². The molecule has 0 saturated heterocycles. The number of halogens is 1. The fraction of sp³-hybridized carbons (Fsp3) is 0.280. The molecule has 0 bridgehead atoms. The maximum Gasteiger partial charge on any atom is 0.227 e. The number of nitrogen functional groups attached to an aromatic ring is 1. The van der Waals surface area contributed by atoms with E-state index in [1.165, 1.54) is 0 Å². The first-order valence-corrected chi connectivity index (χ1v) is 11.3. The Balaban J connectivity index is 1.63. The minimum absolute atomic E-state index is 0.437. The highest BCUT2D eigenvalue weighted by Gasteiger charge is 2.17. The highest BCUT2D eigenvalue weighted by Crippen LogP contribution is 2.37. The lowest BCUT2D eigenvalue weighted by Gasteiger charge is -2.23. The fourth-order valence-corrected chi connectivity index (χ4v) is 4.17. The van der Waals surface area contributed by atoms with Crippen LogP contribution in [0.3, 0.4) is 0 Å². The van der Waals surface area contributed by atoms with Gasteiger partial charge in [-0.15, -0.1) is 0 Å². The number of anilines is 4. The summed E-state index contributed by atoms with van der Waals surface area (Å²) in [4.78, 5) is 13.4. The van der Waals surface area contributed by atoms with E-state index in [-0.39, 0.29) is 0 Å². The standard InChI is InChI=1S/C25H30ClN7O/c1-31(2)11-12-32(3)21-10-9-16(13-20(21)27)29-25-28-14-19(26)23(30-25)18-15-33(4)24-17(18)7-6-8-22(24)34-5/h6-10,13-15H,11-12,27H2,1-5H3,(H,28,29,30). The van der Waals surface area contributed by atoms with Gasteiger partial charge in [0.15, 0.2) is 0 Å². The SMILES string of the molecule is COc1cccc2c(-c3nc(Nc4ccc(N(C)CCN(C)C)c(N)c4)ncc3Cl)cn(C)c12. The molecule has 0 aliphatic rings. The summed E-state index contributed by atoms with van der Waals surface area (Å²) in [6.07, 6.45) is 3.61. The van der Waals surface area contributed by atoms with Gasteiger partial charge in [0.1, 0.15) is 5.75 Å². The minimum Gasteiger partial charge on any atom is -0.495 e. The van der Waals surface area contributed by atoms with Gasteiger partial charge in [0.25, 0.3) is 0 Å². The number of fused-ring (bicyclic) bond motifs is 1. The number of aryl methyl sites for hydroxylation is 1. The minimum atomic E-state index is 0.437. The van der Waals surface area contributed by atoms with Crippen molar-refractivity contribution in [1.82, 2.24) is 19.4 Å². The average molecular weight is 480 g/mol. The molecule has 4 aromatic rings. The van der Waals surface area contributed by atoms with Gasteiger partial charge in [-0.2, -0.15) is 0 Å². The second kappa shape index (κ2) is 9.79. The van der Waals surface area contributed by atoms with Crippen molar-refractivity contribution in [2.24, 2.45) is 7.05 Å². The molecule has 0 radical (unpaired) electrons. The van der Waals surface area contributed by atoms with Crippen LogP contribution in [0.4, 0.5) is 23.0 Å². The third kappa shape index (κ3) is 4.73. The Morgan fingerprint density at radius 3 is 2.65 bits per heavy atom. The molecule has 0 spiro atoms. The van der Waals surface area contributed by atoms with E-state index >= 15 is 0 Å². The van der Waals surface area contributed by atoms with Crippen LogP contribution < -0.4 is 20.7 Å². The van der Waals surface area contributed by atoms with E-state index in [1.54, 1.807) is 13.3 Å². The molecule has 3 N–H and O–H groups in total. The van der Waals surface area contributed by atoms with Crippen LogP contribution in [0.15, 0.2) is 48.8 Å². The summed E-state index contributed by atoms with van der Waals surface area (Å²) in [6.45, 7) is 1.82. The quantitative estimate of drug-likeness (QED) is 0.356. The first kappa shape index (κ1) is 23.7. The van der Waals surface area contributed by atoms with Gasteiger partial charge >= 0.3 is 0 Å². The van der Waals surface area contributed by atoms with Crippen molar-refractivity contribution in [3.63, 3.8) is 0 Å². The van der Waals surface area contributed by atoms with E-state index in [1.807, 2.05) is 61.3 Å². The molecule has 0 aliphatic heterocycles. The third-order valence-corrected chi connectivity index (χ3v) is 6.04. The molecule has 0 amide bonds. The summed E-state index contributed by atoms with van der Waals surface area (Å²) in [7, 11) is 9.79. The molecule has 178 valence electrons. The Kier molecular flexibility index (Phi) is 6.81. The van der Waals surface area contributed by atoms with Crippen LogP contribution in [0.25, 0.3) is 22.2 Å². The number of rotatable bonds is 8. The molecule has 0 aliphatic carbocycles. The Hall–Kier alpha value is -3.49. The number of para-hydroxylation sites is 1. The predicted molar refractivity (Wildman–Crippen MR) is 141 cm³/mol. The number of likely N-dealkylation sites (N-methyl/N-ethyl adjacent to an activating group) is 2. The number of nitrogens with one attached hydrogen (secondary N) is 1. The Morgan fingerprint density at radius 1 is 1.15 bits per heavy atom. The number of hydrogen-bond donors (Lipinski definition) is 2. The van der Waals surface area contributed by atoms with Crippen LogP contribution in [0, 0.1) is 0 Å². The molecule has 2 heterocycles. The van der Waals surface area contributed by atoms with Crippen LogP contribution in [-0.4, -0.2) is 60.8 Å². The molecular formula is C25H30ClN7O. The van der Waals surface area contributed by atoms with Crippen molar-refractivity contribution < 1.29 is 4.74 Å². The van der Waals surface area contributed by atoms with Crippen molar-refractivity contribution in [3.05, 3.63) is 53.8 Å². The lowest BCUT2D eigenvalue weighted by atomic mass is 10.1. The second-order valence-electron chi connectivity index (χ2n) is 8.52. The summed E-state index contributed by atoms with van der Waals surface area (Å²) < 4.78 is 7.55. The molecule has 0 unspecified atom stereocenters. The summed E-state index contributed by atoms with van der Waals surface area (Å²) in [5.41, 5.74) is 11.3. The zero-order valence-corrected chi connectivity index (χ0v) is 20.9. The van der Waals surface area contributed by atoms with Crippen LogP contribution in [-0.2, 0) is 7.05 Å².